The van der Waals surface area contributed by atoms with Crippen LogP contribution in [0.15, 0.2) is 42.7 Å². The molecule has 4 heteroatoms. The fraction of sp³-hybridized carbons (Fsp3) is 0.375. The van der Waals surface area contributed by atoms with Crippen molar-refractivity contribution in [3.8, 4) is 17.2 Å². The van der Waals surface area contributed by atoms with Crippen molar-refractivity contribution >= 4 is 0 Å². The van der Waals surface area contributed by atoms with Gasteiger partial charge < -0.3 is 0 Å². The normalized spacial score (nSPS) is 17.4. The van der Waals surface area contributed by atoms with Crippen LogP contribution >= 0.6 is 0 Å². The largest absolute Gasteiger partial charge is 0.295 e. The summed E-state index contributed by atoms with van der Waals surface area (Å²) in [5.74, 6) is 0. The van der Waals surface area contributed by atoms with E-state index >= 15 is 0 Å². The Kier molecular flexibility index (Phi) is 3.29. The van der Waals surface area contributed by atoms with E-state index in [1.54, 1.807) is 0 Å². The first kappa shape index (κ1) is 12.9. The van der Waals surface area contributed by atoms with Gasteiger partial charge in [-0.2, -0.15) is 10.4 Å². The second-order valence-corrected chi connectivity index (χ2v) is 5.66. The van der Waals surface area contributed by atoms with Crippen LogP contribution in [0.3, 0.4) is 0 Å². The molecule has 0 radical (unpaired) electrons. The third kappa shape index (κ3) is 2.89. The average molecular weight is 266 g/mol. The molecule has 1 aromatic heterocycles. The first-order valence-electron chi connectivity index (χ1n) is 6.95. The van der Waals surface area contributed by atoms with Crippen molar-refractivity contribution in [2.24, 2.45) is 0 Å². The van der Waals surface area contributed by atoms with Crippen LogP contribution in [-0.4, -0.2) is 21.4 Å². The second kappa shape index (κ2) is 5.10. The predicted octanol–water partition coefficient (Wildman–Crippen LogP) is 2.58. The molecule has 1 heterocycles. The first-order chi connectivity index (χ1) is 9.68. The number of benzene rings is 1. The summed E-state index contributed by atoms with van der Waals surface area (Å²) in [6, 6.07) is 13.0. The van der Waals surface area contributed by atoms with Gasteiger partial charge in [-0.3, -0.25) is 10.00 Å². The van der Waals surface area contributed by atoms with Gasteiger partial charge >= 0.3 is 0 Å². The lowest BCUT2D eigenvalue weighted by atomic mass is 10.0. The highest BCUT2D eigenvalue weighted by Crippen LogP contribution is 2.24. The molecule has 1 aliphatic rings. The summed E-state index contributed by atoms with van der Waals surface area (Å²) >= 11 is 0. The van der Waals surface area contributed by atoms with E-state index in [2.05, 4.69) is 28.6 Å². The number of nitrogens with one attached hydrogen (secondary N) is 1. The number of nitriles is 1. The molecule has 1 atom stereocenters. The molecule has 0 spiro atoms. The lowest BCUT2D eigenvalue weighted by Crippen LogP contribution is -2.46. The molecule has 4 nitrogen and oxygen atoms in total. The minimum Gasteiger partial charge on any atom is -0.295 e. The van der Waals surface area contributed by atoms with Gasteiger partial charge in [-0.1, -0.05) is 30.3 Å². The summed E-state index contributed by atoms with van der Waals surface area (Å²) < 4.78 is 1.85. The van der Waals surface area contributed by atoms with Crippen molar-refractivity contribution in [1.29, 1.82) is 5.26 Å². The monoisotopic (exact) mass is 266 g/mol. The van der Waals surface area contributed by atoms with E-state index < -0.39 is 5.54 Å². The van der Waals surface area contributed by atoms with Crippen LogP contribution in [0.2, 0.25) is 0 Å². The Morgan fingerprint density at radius 2 is 2.10 bits per heavy atom. The van der Waals surface area contributed by atoms with Gasteiger partial charge in [0.05, 0.1) is 18.8 Å². The van der Waals surface area contributed by atoms with Gasteiger partial charge in [0.25, 0.3) is 0 Å². The molecule has 0 amide bonds. The Bertz CT molecular complexity index is 621. The highest BCUT2D eigenvalue weighted by molar-refractivity contribution is 5.61. The van der Waals surface area contributed by atoms with Crippen LogP contribution in [0.5, 0.6) is 0 Å². The summed E-state index contributed by atoms with van der Waals surface area (Å²) in [4.78, 5) is 0. The van der Waals surface area contributed by atoms with Crippen molar-refractivity contribution in [3.63, 3.8) is 0 Å². The first-order valence-corrected chi connectivity index (χ1v) is 6.95. The van der Waals surface area contributed by atoms with Gasteiger partial charge in [0.1, 0.15) is 5.54 Å². The van der Waals surface area contributed by atoms with E-state index in [-0.39, 0.29) is 0 Å². The lowest BCUT2D eigenvalue weighted by molar-refractivity contribution is 0.367. The maximum atomic E-state index is 9.39. The zero-order valence-electron chi connectivity index (χ0n) is 11.6. The Hall–Kier alpha value is -2.12. The van der Waals surface area contributed by atoms with E-state index in [0.717, 1.165) is 11.1 Å². The summed E-state index contributed by atoms with van der Waals surface area (Å²) in [5.41, 5.74) is 1.67. The maximum absolute atomic E-state index is 9.39. The standard InChI is InChI=1S/C16H18N4/c1-16(11-17,19-15-7-8-15)12-20-10-14(9-18-20)13-5-3-2-4-6-13/h2-6,9-10,15,19H,7-8,12H2,1H3. The lowest BCUT2D eigenvalue weighted by Gasteiger charge is -2.23. The zero-order chi connectivity index (χ0) is 14.0. The van der Waals surface area contributed by atoms with Gasteiger partial charge in [0.15, 0.2) is 0 Å². The zero-order valence-corrected chi connectivity index (χ0v) is 11.6. The Balaban J connectivity index is 1.75. The van der Waals surface area contributed by atoms with Gasteiger partial charge in [-0.05, 0) is 25.3 Å². The highest BCUT2D eigenvalue weighted by atomic mass is 15.3. The molecule has 1 N–H and O–H groups in total. The molecule has 2 aromatic rings. The number of aromatic nitrogens is 2. The fourth-order valence-corrected chi connectivity index (χ4v) is 2.35. The molecule has 1 aromatic carbocycles. The Morgan fingerprint density at radius 3 is 2.75 bits per heavy atom. The molecular weight excluding hydrogens is 248 g/mol. The molecule has 3 rings (SSSR count). The van der Waals surface area contributed by atoms with Gasteiger partial charge in [-0.15, -0.1) is 0 Å². The fourth-order valence-electron chi connectivity index (χ4n) is 2.35. The van der Waals surface area contributed by atoms with Crippen molar-refractivity contribution < 1.29 is 0 Å². The van der Waals surface area contributed by atoms with E-state index in [9.17, 15) is 5.26 Å². The van der Waals surface area contributed by atoms with Crippen LogP contribution in [0.25, 0.3) is 11.1 Å². The average Bonchev–Trinajstić information content (AvgIpc) is 3.15. The smallest absolute Gasteiger partial charge is 0.123 e. The molecule has 1 fully saturated rings. The molecule has 1 unspecified atom stereocenters. The summed E-state index contributed by atoms with van der Waals surface area (Å²) in [7, 11) is 0. The van der Waals surface area contributed by atoms with Gasteiger partial charge in [-0.25, -0.2) is 0 Å². The topological polar surface area (TPSA) is 53.6 Å². The van der Waals surface area contributed by atoms with Crippen molar-refractivity contribution in [2.45, 2.75) is 37.9 Å². The van der Waals surface area contributed by atoms with E-state index in [0.29, 0.717) is 12.6 Å². The van der Waals surface area contributed by atoms with Crippen LogP contribution in [0.1, 0.15) is 19.8 Å². The number of hydrogen-bond donors (Lipinski definition) is 1. The predicted molar refractivity (Wildman–Crippen MR) is 77.8 cm³/mol. The van der Waals surface area contributed by atoms with Crippen molar-refractivity contribution in [2.75, 3.05) is 0 Å². The minimum absolute atomic E-state index is 0.504. The third-order valence-corrected chi connectivity index (χ3v) is 3.57. The summed E-state index contributed by atoms with van der Waals surface area (Å²) in [6.07, 6.45) is 6.20. The molecule has 0 saturated heterocycles. The second-order valence-electron chi connectivity index (χ2n) is 5.66. The molecular formula is C16H18N4. The quantitative estimate of drug-likeness (QED) is 0.905. The Labute approximate surface area is 119 Å². The molecule has 102 valence electrons. The van der Waals surface area contributed by atoms with Crippen molar-refractivity contribution in [1.82, 2.24) is 15.1 Å². The molecule has 0 aliphatic heterocycles. The van der Waals surface area contributed by atoms with Gasteiger partial charge in [0, 0.05) is 17.8 Å². The molecule has 0 bridgehead atoms. The van der Waals surface area contributed by atoms with Crippen LogP contribution in [0, 0.1) is 11.3 Å². The molecule has 1 saturated carbocycles. The summed E-state index contributed by atoms with van der Waals surface area (Å²) in [6.45, 7) is 2.50. The minimum atomic E-state index is -0.554. The third-order valence-electron chi connectivity index (χ3n) is 3.57. The van der Waals surface area contributed by atoms with E-state index in [1.807, 2.05) is 42.2 Å². The number of hydrogen-bond acceptors (Lipinski definition) is 3. The maximum Gasteiger partial charge on any atom is 0.123 e. The SMILES string of the molecule is CC(C#N)(Cn1cc(-c2ccccc2)cn1)NC1CC1. The summed E-state index contributed by atoms with van der Waals surface area (Å²) in [5, 5.41) is 17.2. The van der Waals surface area contributed by atoms with Crippen LogP contribution in [-0.2, 0) is 6.54 Å². The molecule has 20 heavy (non-hydrogen) atoms. The van der Waals surface area contributed by atoms with Crippen molar-refractivity contribution in [3.05, 3.63) is 42.7 Å². The Morgan fingerprint density at radius 1 is 1.35 bits per heavy atom. The highest BCUT2D eigenvalue weighted by Gasteiger charge is 2.33. The van der Waals surface area contributed by atoms with Crippen LogP contribution in [0.4, 0.5) is 0 Å². The number of rotatable bonds is 5. The van der Waals surface area contributed by atoms with Gasteiger partial charge in [0.2, 0.25) is 0 Å². The molecule has 1 aliphatic carbocycles. The number of nitrogens with zero attached hydrogens (tertiary/aromatic N) is 3. The van der Waals surface area contributed by atoms with Crippen LogP contribution < -0.4 is 5.32 Å². The van der Waals surface area contributed by atoms with E-state index in [4.69, 9.17) is 0 Å². The van der Waals surface area contributed by atoms with E-state index in [1.165, 1.54) is 12.8 Å².